The van der Waals surface area contributed by atoms with Gasteiger partial charge in [-0.2, -0.15) is 0 Å². The lowest BCUT2D eigenvalue weighted by atomic mass is 10.3. The van der Waals surface area contributed by atoms with Crippen molar-refractivity contribution in [1.29, 1.82) is 0 Å². The Kier molecular flexibility index (Phi) is 3.32. The van der Waals surface area contributed by atoms with Gasteiger partial charge < -0.3 is 14.8 Å². The maximum atomic E-state index is 10.4. The molecule has 0 amide bonds. The number of nitrogens with one attached hydrogen (secondary N) is 1. The molecule has 0 bridgehead atoms. The van der Waals surface area contributed by atoms with Crippen LogP contribution in [0.4, 0.5) is 0 Å². The average molecular weight is 159 g/mol. The first-order valence-corrected chi connectivity index (χ1v) is 3.73. The number of morpholine rings is 1. The first-order chi connectivity index (χ1) is 5.29. The third kappa shape index (κ3) is 3.34. The van der Waals surface area contributed by atoms with E-state index in [2.05, 4.69) is 5.32 Å². The van der Waals surface area contributed by atoms with Crippen molar-refractivity contribution in [3.8, 4) is 0 Å². The first-order valence-electron chi connectivity index (χ1n) is 3.73. The fourth-order valence-electron chi connectivity index (χ4n) is 0.945. The number of hydrogen-bond acceptors (Lipinski definition) is 4. The minimum absolute atomic E-state index is 0.174. The number of hydrogen-bond donors (Lipinski definition) is 1. The molecule has 64 valence electrons. The second-order valence-corrected chi connectivity index (χ2v) is 2.53. The van der Waals surface area contributed by atoms with Crippen molar-refractivity contribution < 1.29 is 14.3 Å². The molecule has 4 heteroatoms. The Bertz CT molecular complexity index is 132. The van der Waals surface area contributed by atoms with Gasteiger partial charge in [0.05, 0.1) is 19.3 Å². The zero-order valence-corrected chi connectivity index (χ0v) is 6.63. The smallest absolute Gasteiger partial charge is 0.302 e. The lowest BCUT2D eigenvalue weighted by molar-refractivity contribution is -0.142. The Morgan fingerprint density at radius 1 is 1.82 bits per heavy atom. The van der Waals surface area contributed by atoms with Gasteiger partial charge in [0.15, 0.2) is 0 Å². The highest BCUT2D eigenvalue weighted by Gasteiger charge is 2.13. The lowest BCUT2D eigenvalue weighted by Gasteiger charge is -2.22. The molecule has 1 N–H and O–H groups in total. The molecule has 0 aromatic heterocycles. The van der Waals surface area contributed by atoms with Gasteiger partial charge >= 0.3 is 5.97 Å². The van der Waals surface area contributed by atoms with Crippen molar-refractivity contribution in [2.75, 3.05) is 26.4 Å². The van der Waals surface area contributed by atoms with Crippen LogP contribution in [0.5, 0.6) is 0 Å². The zero-order valence-electron chi connectivity index (χ0n) is 6.63. The van der Waals surface area contributed by atoms with E-state index in [9.17, 15) is 4.79 Å². The number of rotatable bonds is 2. The van der Waals surface area contributed by atoms with Gasteiger partial charge in [-0.3, -0.25) is 4.79 Å². The molecule has 1 aliphatic rings. The van der Waals surface area contributed by atoms with E-state index in [4.69, 9.17) is 9.47 Å². The van der Waals surface area contributed by atoms with E-state index >= 15 is 0 Å². The highest BCUT2D eigenvalue weighted by atomic mass is 16.5. The van der Waals surface area contributed by atoms with E-state index in [-0.39, 0.29) is 12.0 Å². The zero-order chi connectivity index (χ0) is 8.10. The fourth-order valence-corrected chi connectivity index (χ4v) is 0.945. The first kappa shape index (κ1) is 8.49. The molecule has 0 aromatic rings. The molecule has 1 unspecified atom stereocenters. The van der Waals surface area contributed by atoms with Gasteiger partial charge in [0.1, 0.15) is 6.61 Å². The van der Waals surface area contributed by atoms with Crippen molar-refractivity contribution in [3.63, 3.8) is 0 Å². The van der Waals surface area contributed by atoms with E-state index in [0.717, 1.165) is 13.2 Å². The third-order valence-electron chi connectivity index (χ3n) is 1.49. The van der Waals surface area contributed by atoms with Gasteiger partial charge in [0, 0.05) is 13.5 Å². The minimum Gasteiger partial charge on any atom is -0.464 e. The molecule has 1 fully saturated rings. The van der Waals surface area contributed by atoms with Crippen molar-refractivity contribution >= 4 is 5.97 Å². The molecule has 0 aromatic carbocycles. The van der Waals surface area contributed by atoms with Crippen molar-refractivity contribution in [2.45, 2.75) is 13.0 Å². The molecule has 4 nitrogen and oxygen atoms in total. The topological polar surface area (TPSA) is 47.6 Å². The third-order valence-corrected chi connectivity index (χ3v) is 1.49. The van der Waals surface area contributed by atoms with Gasteiger partial charge in [-0.15, -0.1) is 0 Å². The SMILES string of the molecule is CC(=O)OCC1COCCN1. The van der Waals surface area contributed by atoms with E-state index in [1.165, 1.54) is 6.92 Å². The standard InChI is InChI=1S/C7H13NO3/c1-6(9)11-5-7-4-10-3-2-8-7/h7-8H,2-5H2,1H3. The van der Waals surface area contributed by atoms with Crippen LogP contribution in [0.3, 0.4) is 0 Å². The quantitative estimate of drug-likeness (QED) is 0.554. The number of carbonyl (C=O) groups excluding carboxylic acids is 1. The summed E-state index contributed by atoms with van der Waals surface area (Å²) in [7, 11) is 0. The van der Waals surface area contributed by atoms with Crippen molar-refractivity contribution in [2.24, 2.45) is 0 Å². The maximum Gasteiger partial charge on any atom is 0.302 e. The van der Waals surface area contributed by atoms with Crippen LogP contribution in [0.25, 0.3) is 0 Å². The molecule has 0 saturated carbocycles. The van der Waals surface area contributed by atoms with Crippen LogP contribution >= 0.6 is 0 Å². The molecular weight excluding hydrogens is 146 g/mol. The van der Waals surface area contributed by atoms with Crippen LogP contribution in [0, 0.1) is 0 Å². The largest absolute Gasteiger partial charge is 0.464 e. The summed E-state index contributed by atoms with van der Waals surface area (Å²) in [6.45, 7) is 4.04. The summed E-state index contributed by atoms with van der Waals surface area (Å²) in [6.07, 6.45) is 0. The number of esters is 1. The Morgan fingerprint density at radius 2 is 2.64 bits per heavy atom. The van der Waals surface area contributed by atoms with E-state index in [1.807, 2.05) is 0 Å². The van der Waals surface area contributed by atoms with E-state index in [0.29, 0.717) is 13.2 Å². The van der Waals surface area contributed by atoms with Gasteiger partial charge in [-0.1, -0.05) is 0 Å². The summed E-state index contributed by atoms with van der Waals surface area (Å²) in [5.41, 5.74) is 0. The highest BCUT2D eigenvalue weighted by molar-refractivity contribution is 5.65. The predicted octanol–water partition coefficient (Wildman–Crippen LogP) is -0.462. The Hall–Kier alpha value is -0.610. The summed E-state index contributed by atoms with van der Waals surface area (Å²) in [5, 5.41) is 3.17. The molecule has 1 atom stereocenters. The van der Waals surface area contributed by atoms with Gasteiger partial charge in [-0.25, -0.2) is 0 Å². The summed E-state index contributed by atoms with van der Waals surface area (Å²) in [5.74, 6) is -0.239. The summed E-state index contributed by atoms with van der Waals surface area (Å²) in [4.78, 5) is 10.4. The van der Waals surface area contributed by atoms with Crippen LogP contribution in [0.2, 0.25) is 0 Å². The molecule has 1 rings (SSSR count). The average Bonchev–Trinajstić information content (AvgIpc) is 2.03. The molecule has 0 aliphatic carbocycles. The Morgan fingerprint density at radius 3 is 3.18 bits per heavy atom. The summed E-state index contributed by atoms with van der Waals surface area (Å²) in [6, 6.07) is 0.174. The van der Waals surface area contributed by atoms with Crippen LogP contribution in [-0.4, -0.2) is 38.4 Å². The summed E-state index contributed by atoms with van der Waals surface area (Å²) < 4.78 is 9.96. The van der Waals surface area contributed by atoms with Crippen LogP contribution < -0.4 is 5.32 Å². The second-order valence-electron chi connectivity index (χ2n) is 2.53. The normalized spacial score (nSPS) is 24.6. The maximum absolute atomic E-state index is 10.4. The number of ether oxygens (including phenoxy) is 2. The molecule has 0 radical (unpaired) electrons. The monoisotopic (exact) mass is 159 g/mol. The van der Waals surface area contributed by atoms with Gasteiger partial charge in [0.25, 0.3) is 0 Å². The van der Waals surface area contributed by atoms with Gasteiger partial charge in [-0.05, 0) is 0 Å². The molecule has 1 aliphatic heterocycles. The van der Waals surface area contributed by atoms with Crippen molar-refractivity contribution in [1.82, 2.24) is 5.32 Å². The molecule has 1 saturated heterocycles. The summed E-state index contributed by atoms with van der Waals surface area (Å²) >= 11 is 0. The minimum atomic E-state index is -0.239. The van der Waals surface area contributed by atoms with Crippen LogP contribution in [0.1, 0.15) is 6.92 Å². The molecule has 11 heavy (non-hydrogen) atoms. The van der Waals surface area contributed by atoms with Crippen LogP contribution in [-0.2, 0) is 14.3 Å². The van der Waals surface area contributed by atoms with Gasteiger partial charge in [0.2, 0.25) is 0 Å². The van der Waals surface area contributed by atoms with E-state index in [1.54, 1.807) is 0 Å². The lowest BCUT2D eigenvalue weighted by Crippen LogP contribution is -2.44. The molecule has 1 heterocycles. The highest BCUT2D eigenvalue weighted by Crippen LogP contribution is 1.93. The molecular formula is C7H13NO3. The predicted molar refractivity (Wildman–Crippen MR) is 39.2 cm³/mol. The fraction of sp³-hybridized carbons (Fsp3) is 0.857. The second kappa shape index (κ2) is 4.31. The van der Waals surface area contributed by atoms with Crippen molar-refractivity contribution in [3.05, 3.63) is 0 Å². The van der Waals surface area contributed by atoms with Crippen LogP contribution in [0.15, 0.2) is 0 Å². The van der Waals surface area contributed by atoms with E-state index < -0.39 is 0 Å². The number of carbonyl (C=O) groups is 1. The Labute approximate surface area is 65.9 Å². The Balaban J connectivity index is 2.09. The molecule has 0 spiro atoms.